The van der Waals surface area contributed by atoms with Crippen LogP contribution in [0, 0.1) is 5.41 Å². The lowest BCUT2D eigenvalue weighted by atomic mass is 10.0. The largest absolute Gasteiger partial charge is 0.494 e. The monoisotopic (exact) mass is 240 g/mol. The van der Waals surface area contributed by atoms with Crippen molar-refractivity contribution in [2.24, 2.45) is 5.73 Å². The SMILES string of the molecule is CCOc1ccc(-c2cccc(C(=N)N)c2)cc1. The van der Waals surface area contributed by atoms with Crippen LogP contribution in [0.4, 0.5) is 0 Å². The Balaban J connectivity index is 2.30. The maximum Gasteiger partial charge on any atom is 0.122 e. The molecule has 3 N–H and O–H groups in total. The van der Waals surface area contributed by atoms with E-state index in [2.05, 4.69) is 0 Å². The number of ether oxygens (including phenoxy) is 1. The molecule has 0 spiro atoms. The summed E-state index contributed by atoms with van der Waals surface area (Å²) in [5.41, 5.74) is 8.36. The number of amidine groups is 1. The van der Waals surface area contributed by atoms with Crippen molar-refractivity contribution in [1.29, 1.82) is 5.41 Å². The molecule has 0 aliphatic heterocycles. The molecular weight excluding hydrogens is 224 g/mol. The van der Waals surface area contributed by atoms with Gasteiger partial charge in [0.05, 0.1) is 6.61 Å². The topological polar surface area (TPSA) is 59.1 Å². The van der Waals surface area contributed by atoms with Gasteiger partial charge in [-0.25, -0.2) is 0 Å². The number of hydrogen-bond acceptors (Lipinski definition) is 2. The summed E-state index contributed by atoms with van der Waals surface area (Å²) in [4.78, 5) is 0. The fourth-order valence-corrected chi connectivity index (χ4v) is 1.78. The van der Waals surface area contributed by atoms with E-state index in [9.17, 15) is 0 Å². The molecule has 0 aromatic heterocycles. The maximum atomic E-state index is 7.44. The van der Waals surface area contributed by atoms with Crippen molar-refractivity contribution < 1.29 is 4.74 Å². The van der Waals surface area contributed by atoms with Crippen LogP contribution in [0.2, 0.25) is 0 Å². The molecule has 92 valence electrons. The normalized spacial score (nSPS) is 10.1. The summed E-state index contributed by atoms with van der Waals surface area (Å²) in [6.45, 7) is 2.63. The molecule has 0 bridgehead atoms. The highest BCUT2D eigenvalue weighted by molar-refractivity contribution is 5.96. The highest BCUT2D eigenvalue weighted by Crippen LogP contribution is 2.23. The van der Waals surface area contributed by atoms with Crippen LogP contribution in [0.5, 0.6) is 5.75 Å². The summed E-state index contributed by atoms with van der Waals surface area (Å²) in [7, 11) is 0. The first kappa shape index (κ1) is 12.2. The van der Waals surface area contributed by atoms with Gasteiger partial charge in [-0.3, -0.25) is 5.41 Å². The molecule has 0 atom stereocenters. The lowest BCUT2D eigenvalue weighted by Crippen LogP contribution is -2.10. The first-order chi connectivity index (χ1) is 8.70. The molecule has 2 aromatic rings. The average molecular weight is 240 g/mol. The fourth-order valence-electron chi connectivity index (χ4n) is 1.78. The second-order valence-corrected chi connectivity index (χ2v) is 3.95. The van der Waals surface area contributed by atoms with Crippen LogP contribution in [0.3, 0.4) is 0 Å². The van der Waals surface area contributed by atoms with Gasteiger partial charge in [0.15, 0.2) is 0 Å². The predicted octanol–water partition coefficient (Wildman–Crippen LogP) is 3.04. The molecule has 3 heteroatoms. The molecule has 18 heavy (non-hydrogen) atoms. The van der Waals surface area contributed by atoms with Crippen LogP contribution in [0.25, 0.3) is 11.1 Å². The number of nitrogens with two attached hydrogens (primary N) is 1. The summed E-state index contributed by atoms with van der Waals surface area (Å²) in [6.07, 6.45) is 0. The maximum absolute atomic E-state index is 7.44. The van der Waals surface area contributed by atoms with E-state index < -0.39 is 0 Å². The standard InChI is InChI=1S/C15H16N2O/c1-2-18-14-8-6-11(7-9-14)12-4-3-5-13(10-12)15(16)17/h3-10H,2H2,1H3,(H3,16,17). The first-order valence-corrected chi connectivity index (χ1v) is 5.88. The molecule has 0 aliphatic rings. The minimum absolute atomic E-state index is 0.0859. The van der Waals surface area contributed by atoms with Crippen molar-refractivity contribution in [3.63, 3.8) is 0 Å². The zero-order valence-electron chi connectivity index (χ0n) is 10.3. The molecule has 0 aliphatic carbocycles. The van der Waals surface area contributed by atoms with E-state index in [-0.39, 0.29) is 5.84 Å². The summed E-state index contributed by atoms with van der Waals surface area (Å²) >= 11 is 0. The zero-order valence-corrected chi connectivity index (χ0v) is 10.3. The third-order valence-electron chi connectivity index (χ3n) is 2.67. The molecule has 0 saturated carbocycles. The van der Waals surface area contributed by atoms with E-state index in [1.165, 1.54) is 0 Å². The van der Waals surface area contributed by atoms with Gasteiger partial charge in [-0.15, -0.1) is 0 Å². The summed E-state index contributed by atoms with van der Waals surface area (Å²) in [5, 5.41) is 7.44. The molecule has 0 saturated heterocycles. The van der Waals surface area contributed by atoms with Crippen LogP contribution in [0.15, 0.2) is 48.5 Å². The number of nitrogens with one attached hydrogen (secondary N) is 1. The van der Waals surface area contributed by atoms with Crippen LogP contribution < -0.4 is 10.5 Å². The fraction of sp³-hybridized carbons (Fsp3) is 0.133. The van der Waals surface area contributed by atoms with Crippen molar-refractivity contribution in [3.05, 3.63) is 54.1 Å². The van der Waals surface area contributed by atoms with Crippen LogP contribution in [0.1, 0.15) is 12.5 Å². The summed E-state index contributed by atoms with van der Waals surface area (Å²) < 4.78 is 5.40. The van der Waals surface area contributed by atoms with E-state index >= 15 is 0 Å². The number of hydrogen-bond donors (Lipinski definition) is 2. The van der Waals surface area contributed by atoms with Crippen molar-refractivity contribution in [1.82, 2.24) is 0 Å². The third kappa shape index (κ3) is 2.69. The van der Waals surface area contributed by atoms with Crippen LogP contribution in [-0.4, -0.2) is 12.4 Å². The predicted molar refractivity (Wildman–Crippen MR) is 74.1 cm³/mol. The second kappa shape index (κ2) is 5.36. The molecule has 0 fully saturated rings. The number of benzene rings is 2. The van der Waals surface area contributed by atoms with Gasteiger partial charge in [0.2, 0.25) is 0 Å². The minimum Gasteiger partial charge on any atom is -0.494 e. The molecular formula is C15H16N2O. The van der Waals surface area contributed by atoms with E-state index in [0.29, 0.717) is 6.61 Å². The Hall–Kier alpha value is -2.29. The zero-order chi connectivity index (χ0) is 13.0. The Bertz CT molecular complexity index is 547. The van der Waals surface area contributed by atoms with Crippen molar-refractivity contribution in [2.45, 2.75) is 6.92 Å². The van der Waals surface area contributed by atoms with E-state index in [4.69, 9.17) is 15.9 Å². The Kier molecular flexibility index (Phi) is 3.63. The second-order valence-electron chi connectivity index (χ2n) is 3.95. The molecule has 0 unspecified atom stereocenters. The van der Waals surface area contributed by atoms with Gasteiger partial charge < -0.3 is 10.5 Å². The van der Waals surface area contributed by atoms with Gasteiger partial charge >= 0.3 is 0 Å². The Morgan fingerprint density at radius 2 is 1.83 bits per heavy atom. The van der Waals surface area contributed by atoms with Gasteiger partial charge in [0.25, 0.3) is 0 Å². The first-order valence-electron chi connectivity index (χ1n) is 5.88. The molecule has 0 amide bonds. The highest BCUT2D eigenvalue weighted by Gasteiger charge is 2.01. The average Bonchev–Trinajstić information content (AvgIpc) is 2.40. The van der Waals surface area contributed by atoms with Gasteiger partial charge in [-0.1, -0.05) is 30.3 Å². The Morgan fingerprint density at radius 3 is 2.44 bits per heavy atom. The van der Waals surface area contributed by atoms with E-state index in [0.717, 1.165) is 22.4 Å². The Labute approximate surface area is 107 Å². The van der Waals surface area contributed by atoms with E-state index in [1.807, 2.05) is 55.5 Å². The lowest BCUT2D eigenvalue weighted by Gasteiger charge is -2.06. The lowest BCUT2D eigenvalue weighted by molar-refractivity contribution is 0.340. The van der Waals surface area contributed by atoms with Crippen LogP contribution in [-0.2, 0) is 0 Å². The molecule has 0 radical (unpaired) electrons. The number of nitrogen functional groups attached to an aromatic ring is 1. The van der Waals surface area contributed by atoms with E-state index in [1.54, 1.807) is 0 Å². The van der Waals surface area contributed by atoms with Gasteiger partial charge in [-0.2, -0.15) is 0 Å². The summed E-state index contributed by atoms with van der Waals surface area (Å²) in [6, 6.07) is 15.6. The summed E-state index contributed by atoms with van der Waals surface area (Å²) in [5.74, 6) is 0.951. The van der Waals surface area contributed by atoms with Gasteiger partial charge in [-0.05, 0) is 36.2 Å². The minimum atomic E-state index is 0.0859. The molecule has 3 nitrogen and oxygen atoms in total. The number of rotatable bonds is 4. The van der Waals surface area contributed by atoms with Crippen molar-refractivity contribution >= 4 is 5.84 Å². The molecule has 0 heterocycles. The van der Waals surface area contributed by atoms with Crippen molar-refractivity contribution in [2.75, 3.05) is 6.61 Å². The van der Waals surface area contributed by atoms with Gasteiger partial charge in [0, 0.05) is 5.56 Å². The van der Waals surface area contributed by atoms with Crippen molar-refractivity contribution in [3.8, 4) is 16.9 Å². The highest BCUT2D eigenvalue weighted by atomic mass is 16.5. The molecule has 2 aromatic carbocycles. The quantitative estimate of drug-likeness (QED) is 0.637. The Morgan fingerprint density at radius 1 is 1.11 bits per heavy atom. The van der Waals surface area contributed by atoms with Crippen LogP contribution >= 0.6 is 0 Å². The smallest absolute Gasteiger partial charge is 0.122 e. The van der Waals surface area contributed by atoms with Gasteiger partial charge in [0.1, 0.15) is 11.6 Å². The molecule has 2 rings (SSSR count). The third-order valence-corrected chi connectivity index (χ3v) is 2.67.